The number of amides is 3. The average molecular weight is 239 g/mol. The minimum absolute atomic E-state index is 0.0347. The zero-order valence-electron chi connectivity index (χ0n) is 9.94. The van der Waals surface area contributed by atoms with Crippen molar-refractivity contribution in [2.45, 2.75) is 25.8 Å². The molecule has 0 bridgehead atoms. The summed E-state index contributed by atoms with van der Waals surface area (Å²) in [7, 11) is 0. The van der Waals surface area contributed by atoms with E-state index >= 15 is 0 Å². The van der Waals surface area contributed by atoms with E-state index in [1.165, 1.54) is 0 Å². The predicted molar refractivity (Wildman–Crippen MR) is 60.0 cm³/mol. The zero-order valence-corrected chi connectivity index (χ0v) is 9.94. The smallest absolute Gasteiger partial charge is 0.242 e. The predicted octanol–water partition coefficient (Wildman–Crippen LogP) is -1.04. The van der Waals surface area contributed by atoms with Crippen molar-refractivity contribution >= 4 is 17.7 Å². The molecule has 2 fully saturated rings. The standard InChI is InChI=1S/C11H17N3O3/c1-8-11(17)12-4-6-14(8)10(16)7-13-5-2-3-9(13)15/h8H,2-7H2,1H3,(H,12,17). The molecular formula is C11H17N3O3. The molecule has 0 saturated carbocycles. The molecule has 2 heterocycles. The van der Waals surface area contributed by atoms with Gasteiger partial charge in [0.05, 0.1) is 6.54 Å². The Labute approximate surface area is 99.9 Å². The van der Waals surface area contributed by atoms with Crippen LogP contribution < -0.4 is 5.32 Å². The van der Waals surface area contributed by atoms with Gasteiger partial charge in [-0.3, -0.25) is 14.4 Å². The summed E-state index contributed by atoms with van der Waals surface area (Å²) in [5.74, 6) is -0.229. The highest BCUT2D eigenvalue weighted by Gasteiger charge is 2.31. The van der Waals surface area contributed by atoms with Crippen molar-refractivity contribution in [2.75, 3.05) is 26.2 Å². The first-order valence-electron chi connectivity index (χ1n) is 5.94. The van der Waals surface area contributed by atoms with E-state index in [9.17, 15) is 14.4 Å². The SMILES string of the molecule is CC1C(=O)NCCN1C(=O)CN1CCCC1=O. The molecule has 2 saturated heterocycles. The monoisotopic (exact) mass is 239 g/mol. The van der Waals surface area contributed by atoms with Crippen LogP contribution in [0.2, 0.25) is 0 Å². The molecule has 2 rings (SSSR count). The quantitative estimate of drug-likeness (QED) is 0.669. The fourth-order valence-corrected chi connectivity index (χ4v) is 2.25. The molecular weight excluding hydrogens is 222 g/mol. The number of nitrogens with zero attached hydrogens (tertiary/aromatic N) is 2. The molecule has 94 valence electrons. The number of hydrogen-bond donors (Lipinski definition) is 1. The van der Waals surface area contributed by atoms with Gasteiger partial charge in [0.2, 0.25) is 17.7 Å². The third kappa shape index (κ3) is 2.40. The van der Waals surface area contributed by atoms with E-state index in [1.54, 1.807) is 16.7 Å². The third-order valence-corrected chi connectivity index (χ3v) is 3.32. The normalized spacial score (nSPS) is 25.1. The van der Waals surface area contributed by atoms with Gasteiger partial charge in [0.25, 0.3) is 0 Å². The van der Waals surface area contributed by atoms with Crippen molar-refractivity contribution in [1.82, 2.24) is 15.1 Å². The van der Waals surface area contributed by atoms with Crippen molar-refractivity contribution in [3.63, 3.8) is 0 Å². The van der Waals surface area contributed by atoms with E-state index < -0.39 is 6.04 Å². The Balaban J connectivity index is 1.95. The van der Waals surface area contributed by atoms with Gasteiger partial charge in [0, 0.05) is 26.1 Å². The number of piperazine rings is 1. The molecule has 0 aromatic carbocycles. The molecule has 0 radical (unpaired) electrons. The maximum absolute atomic E-state index is 12.0. The Kier molecular flexibility index (Phi) is 3.31. The number of carbonyl (C=O) groups is 3. The first-order valence-corrected chi connectivity index (χ1v) is 5.94. The second-order valence-electron chi connectivity index (χ2n) is 4.47. The summed E-state index contributed by atoms with van der Waals surface area (Å²) >= 11 is 0. The Hall–Kier alpha value is -1.59. The van der Waals surface area contributed by atoms with Crippen LogP contribution in [0.1, 0.15) is 19.8 Å². The average Bonchev–Trinajstić information content (AvgIpc) is 2.68. The number of likely N-dealkylation sites (tertiary alicyclic amines) is 1. The zero-order chi connectivity index (χ0) is 12.4. The van der Waals surface area contributed by atoms with Gasteiger partial charge in [-0.05, 0) is 13.3 Å². The fraction of sp³-hybridized carbons (Fsp3) is 0.727. The molecule has 1 N–H and O–H groups in total. The molecule has 1 unspecified atom stereocenters. The van der Waals surface area contributed by atoms with Crippen LogP contribution in [-0.2, 0) is 14.4 Å². The highest BCUT2D eigenvalue weighted by molar-refractivity contribution is 5.91. The summed E-state index contributed by atoms with van der Waals surface area (Å²) in [5, 5.41) is 2.71. The molecule has 0 aromatic rings. The van der Waals surface area contributed by atoms with E-state index in [4.69, 9.17) is 0 Å². The number of carbonyl (C=O) groups excluding carboxylic acids is 3. The fourth-order valence-electron chi connectivity index (χ4n) is 2.25. The molecule has 2 aliphatic rings. The molecule has 2 aliphatic heterocycles. The van der Waals surface area contributed by atoms with E-state index in [0.29, 0.717) is 26.1 Å². The minimum Gasteiger partial charge on any atom is -0.353 e. The summed E-state index contributed by atoms with van der Waals surface area (Å²) in [6.45, 7) is 3.48. The minimum atomic E-state index is -0.436. The van der Waals surface area contributed by atoms with E-state index in [2.05, 4.69) is 5.32 Å². The van der Waals surface area contributed by atoms with Gasteiger partial charge in [0.15, 0.2) is 0 Å². The second kappa shape index (κ2) is 4.73. The van der Waals surface area contributed by atoms with Crippen LogP contribution in [0.5, 0.6) is 0 Å². The van der Waals surface area contributed by atoms with Crippen LogP contribution in [0.3, 0.4) is 0 Å². The van der Waals surface area contributed by atoms with Gasteiger partial charge in [-0.15, -0.1) is 0 Å². The molecule has 17 heavy (non-hydrogen) atoms. The first kappa shape index (κ1) is 11.9. The number of rotatable bonds is 2. The van der Waals surface area contributed by atoms with Gasteiger partial charge in [-0.2, -0.15) is 0 Å². The van der Waals surface area contributed by atoms with Crippen LogP contribution in [-0.4, -0.2) is 59.7 Å². The lowest BCUT2D eigenvalue weighted by Crippen LogP contribution is -2.57. The summed E-state index contributed by atoms with van der Waals surface area (Å²) in [4.78, 5) is 38.0. The molecule has 3 amide bonds. The Morgan fingerprint density at radius 3 is 2.82 bits per heavy atom. The van der Waals surface area contributed by atoms with Crippen LogP contribution >= 0.6 is 0 Å². The third-order valence-electron chi connectivity index (χ3n) is 3.32. The van der Waals surface area contributed by atoms with Crippen molar-refractivity contribution < 1.29 is 14.4 Å². The topological polar surface area (TPSA) is 69.7 Å². The lowest BCUT2D eigenvalue weighted by Gasteiger charge is -2.33. The van der Waals surface area contributed by atoms with Crippen LogP contribution in [0.25, 0.3) is 0 Å². The Morgan fingerprint density at radius 1 is 1.41 bits per heavy atom. The second-order valence-corrected chi connectivity index (χ2v) is 4.47. The molecule has 1 atom stereocenters. The van der Waals surface area contributed by atoms with Crippen LogP contribution in [0.15, 0.2) is 0 Å². The molecule has 0 aliphatic carbocycles. The maximum Gasteiger partial charge on any atom is 0.242 e. The molecule has 6 nitrogen and oxygen atoms in total. The summed E-state index contributed by atoms with van der Waals surface area (Å²) in [6.07, 6.45) is 1.35. The lowest BCUT2D eigenvalue weighted by atomic mass is 10.2. The number of hydrogen-bond acceptors (Lipinski definition) is 3. The van der Waals surface area contributed by atoms with Crippen LogP contribution in [0, 0.1) is 0 Å². The van der Waals surface area contributed by atoms with Gasteiger partial charge in [-0.1, -0.05) is 0 Å². The van der Waals surface area contributed by atoms with Gasteiger partial charge < -0.3 is 15.1 Å². The highest BCUT2D eigenvalue weighted by atomic mass is 16.2. The molecule has 0 aromatic heterocycles. The van der Waals surface area contributed by atoms with Crippen LogP contribution in [0.4, 0.5) is 0 Å². The first-order chi connectivity index (χ1) is 8.09. The highest BCUT2D eigenvalue weighted by Crippen LogP contribution is 2.11. The summed E-state index contributed by atoms with van der Waals surface area (Å²) < 4.78 is 0. The van der Waals surface area contributed by atoms with Gasteiger partial charge in [-0.25, -0.2) is 0 Å². The van der Waals surface area contributed by atoms with Crippen molar-refractivity contribution in [3.05, 3.63) is 0 Å². The largest absolute Gasteiger partial charge is 0.353 e. The Bertz CT molecular complexity index is 356. The Morgan fingerprint density at radius 2 is 2.18 bits per heavy atom. The molecule has 6 heteroatoms. The van der Waals surface area contributed by atoms with E-state index in [1.807, 2.05) is 0 Å². The lowest BCUT2D eigenvalue weighted by molar-refractivity contribution is -0.145. The number of nitrogens with one attached hydrogen (secondary N) is 1. The summed E-state index contributed by atoms with van der Waals surface area (Å²) in [6, 6.07) is -0.436. The van der Waals surface area contributed by atoms with E-state index in [-0.39, 0.29) is 24.3 Å². The molecule has 0 spiro atoms. The van der Waals surface area contributed by atoms with Crippen molar-refractivity contribution in [1.29, 1.82) is 0 Å². The van der Waals surface area contributed by atoms with Gasteiger partial charge in [0.1, 0.15) is 6.04 Å². The van der Waals surface area contributed by atoms with Crippen molar-refractivity contribution in [2.24, 2.45) is 0 Å². The van der Waals surface area contributed by atoms with Crippen molar-refractivity contribution in [3.8, 4) is 0 Å². The maximum atomic E-state index is 12.0. The summed E-state index contributed by atoms with van der Waals surface area (Å²) in [5.41, 5.74) is 0. The van der Waals surface area contributed by atoms with Gasteiger partial charge >= 0.3 is 0 Å². The van der Waals surface area contributed by atoms with E-state index in [0.717, 1.165) is 6.42 Å².